The first-order valence-corrected chi connectivity index (χ1v) is 9.22. The first kappa shape index (κ1) is 14.9. The van der Waals surface area contributed by atoms with E-state index in [1.54, 1.807) is 0 Å². The standard InChI is InChI=1S/C18H19N2OP/c1-19-12-13-20(16-19)14-15-22(21,17-8-4-2-5-9-17)18-10-6-3-7-11-18/h2-13H,14-15H2,1H3. The van der Waals surface area contributed by atoms with Crippen LogP contribution < -0.4 is 10.6 Å². The summed E-state index contributed by atoms with van der Waals surface area (Å²) in [5.74, 6) is 0. The zero-order valence-electron chi connectivity index (χ0n) is 12.6. The summed E-state index contributed by atoms with van der Waals surface area (Å²) in [4.78, 5) is 3.83. The van der Waals surface area contributed by atoms with Crippen LogP contribution in [0.25, 0.3) is 0 Å². The van der Waals surface area contributed by atoms with Crippen molar-refractivity contribution in [2.75, 3.05) is 19.8 Å². The van der Waals surface area contributed by atoms with Crippen molar-refractivity contribution in [2.45, 2.75) is 0 Å². The van der Waals surface area contributed by atoms with Gasteiger partial charge < -0.3 is 14.4 Å². The second-order valence-corrected chi connectivity index (χ2v) is 8.30. The van der Waals surface area contributed by atoms with Gasteiger partial charge in [-0.3, -0.25) is 0 Å². The van der Waals surface area contributed by atoms with Crippen molar-refractivity contribution in [2.24, 2.45) is 0 Å². The van der Waals surface area contributed by atoms with Gasteiger partial charge in [0.05, 0.1) is 0 Å². The van der Waals surface area contributed by atoms with E-state index in [1.807, 2.05) is 89.9 Å². The third-order valence-electron chi connectivity index (χ3n) is 3.76. The van der Waals surface area contributed by atoms with E-state index in [0.717, 1.165) is 10.6 Å². The van der Waals surface area contributed by atoms with Gasteiger partial charge in [-0.1, -0.05) is 60.7 Å². The Kier molecular flexibility index (Phi) is 4.35. The fraction of sp³-hybridized carbons (Fsp3) is 0.167. The minimum Gasteiger partial charge on any atom is -0.349 e. The largest absolute Gasteiger partial charge is 0.349 e. The highest BCUT2D eigenvalue weighted by Crippen LogP contribution is 2.43. The molecule has 4 heteroatoms. The lowest BCUT2D eigenvalue weighted by molar-refractivity contribution is 0.395. The normalized spacial score (nSPS) is 14.6. The van der Waals surface area contributed by atoms with Crippen LogP contribution in [0.3, 0.4) is 0 Å². The zero-order valence-corrected chi connectivity index (χ0v) is 13.5. The fourth-order valence-electron chi connectivity index (χ4n) is 2.57. The fourth-order valence-corrected chi connectivity index (χ4v) is 5.19. The molecule has 0 bridgehead atoms. The van der Waals surface area contributed by atoms with Crippen molar-refractivity contribution in [1.29, 1.82) is 0 Å². The molecular formula is C18H19N2OP. The van der Waals surface area contributed by atoms with Crippen LogP contribution in [0.4, 0.5) is 0 Å². The highest BCUT2D eigenvalue weighted by Gasteiger charge is 2.28. The average molecular weight is 310 g/mol. The second-order valence-electron chi connectivity index (χ2n) is 5.34. The van der Waals surface area contributed by atoms with Gasteiger partial charge >= 0.3 is 0 Å². The van der Waals surface area contributed by atoms with Crippen LogP contribution in [-0.4, -0.2) is 29.6 Å². The summed E-state index contributed by atoms with van der Waals surface area (Å²) in [7, 11) is -0.695. The minimum absolute atomic E-state index is 0.589. The van der Waals surface area contributed by atoms with Gasteiger partial charge in [0.25, 0.3) is 0 Å². The smallest absolute Gasteiger partial charge is 0.207 e. The molecule has 2 aromatic rings. The van der Waals surface area contributed by atoms with Gasteiger partial charge in [-0.15, -0.1) is 0 Å². The van der Waals surface area contributed by atoms with Crippen LogP contribution in [0.5, 0.6) is 0 Å². The predicted molar refractivity (Wildman–Crippen MR) is 91.5 cm³/mol. The molecule has 0 atom stereocenters. The average Bonchev–Trinajstić information content (AvgIpc) is 3.00. The molecule has 1 heterocycles. The first-order chi connectivity index (χ1) is 10.7. The molecule has 22 heavy (non-hydrogen) atoms. The molecule has 2 radical (unpaired) electrons. The van der Waals surface area contributed by atoms with E-state index in [4.69, 9.17) is 0 Å². The lowest BCUT2D eigenvalue weighted by atomic mass is 10.4. The summed E-state index contributed by atoms with van der Waals surface area (Å²) in [6.07, 6.45) is 4.49. The van der Waals surface area contributed by atoms with E-state index in [-0.39, 0.29) is 0 Å². The van der Waals surface area contributed by atoms with Gasteiger partial charge in [-0.25, -0.2) is 0 Å². The van der Waals surface area contributed by atoms with Gasteiger partial charge in [0.1, 0.15) is 7.14 Å². The van der Waals surface area contributed by atoms with E-state index in [1.165, 1.54) is 0 Å². The molecule has 2 aromatic carbocycles. The van der Waals surface area contributed by atoms with Crippen molar-refractivity contribution in [3.05, 3.63) is 79.7 Å². The number of benzene rings is 2. The molecule has 0 aliphatic carbocycles. The van der Waals surface area contributed by atoms with Crippen LogP contribution >= 0.6 is 7.14 Å². The Bertz CT molecular complexity index is 641. The van der Waals surface area contributed by atoms with Crippen molar-refractivity contribution < 1.29 is 4.57 Å². The molecule has 1 aliphatic rings. The Morgan fingerprint density at radius 3 is 1.91 bits per heavy atom. The molecule has 1 aliphatic heterocycles. The minimum atomic E-state index is -2.63. The summed E-state index contributed by atoms with van der Waals surface area (Å²) in [5.41, 5.74) is 0. The number of hydrogen-bond acceptors (Lipinski definition) is 3. The van der Waals surface area contributed by atoms with Gasteiger partial charge in [-0.05, 0) is 0 Å². The molecule has 3 rings (SSSR count). The van der Waals surface area contributed by atoms with E-state index < -0.39 is 7.14 Å². The van der Waals surface area contributed by atoms with E-state index >= 15 is 0 Å². The van der Waals surface area contributed by atoms with Gasteiger partial charge in [0, 0.05) is 42.8 Å². The topological polar surface area (TPSA) is 23.6 Å². The highest BCUT2D eigenvalue weighted by atomic mass is 31.2. The molecule has 0 saturated heterocycles. The van der Waals surface area contributed by atoms with Gasteiger partial charge in [-0.2, -0.15) is 0 Å². The molecule has 0 spiro atoms. The zero-order chi connectivity index (χ0) is 15.4. The van der Waals surface area contributed by atoms with E-state index in [9.17, 15) is 4.57 Å². The Balaban J connectivity index is 1.87. The van der Waals surface area contributed by atoms with Crippen LogP contribution in [0.1, 0.15) is 0 Å². The molecule has 0 aromatic heterocycles. The first-order valence-electron chi connectivity index (χ1n) is 7.33. The van der Waals surface area contributed by atoms with Crippen molar-refractivity contribution >= 4 is 17.8 Å². The molecule has 3 nitrogen and oxygen atoms in total. The van der Waals surface area contributed by atoms with E-state index in [2.05, 4.69) is 6.67 Å². The maximum absolute atomic E-state index is 13.8. The molecule has 0 fully saturated rings. The summed E-state index contributed by atoms with van der Waals surface area (Å²) >= 11 is 0. The van der Waals surface area contributed by atoms with Crippen LogP contribution in [0.15, 0.2) is 73.1 Å². The van der Waals surface area contributed by atoms with Crippen molar-refractivity contribution in [3.8, 4) is 0 Å². The lowest BCUT2D eigenvalue weighted by Gasteiger charge is -2.22. The molecular weight excluding hydrogens is 291 g/mol. The maximum Gasteiger partial charge on any atom is 0.207 e. The van der Waals surface area contributed by atoms with Crippen molar-refractivity contribution in [3.63, 3.8) is 0 Å². The predicted octanol–water partition coefficient (Wildman–Crippen LogP) is 2.72. The maximum atomic E-state index is 13.8. The van der Waals surface area contributed by atoms with Gasteiger partial charge in [0.2, 0.25) is 6.67 Å². The third-order valence-corrected chi connectivity index (χ3v) is 6.85. The number of rotatable bonds is 5. The van der Waals surface area contributed by atoms with Gasteiger partial charge in [0.15, 0.2) is 0 Å². The molecule has 112 valence electrons. The molecule has 0 saturated carbocycles. The molecule has 0 unspecified atom stereocenters. The van der Waals surface area contributed by atoms with Crippen molar-refractivity contribution in [1.82, 2.24) is 9.80 Å². The molecule has 0 amide bonds. The Hall–Kier alpha value is -1.99. The summed E-state index contributed by atoms with van der Waals surface area (Å²) in [6, 6.07) is 19.6. The molecule has 0 N–H and O–H groups in total. The number of hydrogen-bond donors (Lipinski definition) is 0. The highest BCUT2D eigenvalue weighted by molar-refractivity contribution is 7.78. The Morgan fingerprint density at radius 1 is 0.909 bits per heavy atom. The van der Waals surface area contributed by atoms with Crippen LogP contribution in [0.2, 0.25) is 0 Å². The summed E-state index contributed by atoms with van der Waals surface area (Å²) in [5, 5.41) is 1.83. The second kappa shape index (κ2) is 6.41. The Morgan fingerprint density at radius 2 is 1.45 bits per heavy atom. The third kappa shape index (κ3) is 3.10. The summed E-state index contributed by atoms with van der Waals surface area (Å²) < 4.78 is 13.8. The monoisotopic (exact) mass is 310 g/mol. The van der Waals surface area contributed by atoms with Crippen LogP contribution in [-0.2, 0) is 4.57 Å². The number of nitrogens with zero attached hydrogens (tertiary/aromatic N) is 2. The Labute approximate surface area is 132 Å². The SMILES string of the molecule is CN1[C]N(CCP(=O)(c2ccccc2)c2ccccc2)C=C1. The lowest BCUT2D eigenvalue weighted by Crippen LogP contribution is -2.26. The summed E-state index contributed by atoms with van der Waals surface area (Å²) in [6.45, 7) is 3.85. The van der Waals surface area contributed by atoms with E-state index in [0.29, 0.717) is 12.7 Å². The van der Waals surface area contributed by atoms with Crippen LogP contribution in [0, 0.1) is 6.67 Å². The quantitative estimate of drug-likeness (QED) is 0.793.